The molecule has 0 heterocycles. The number of hydrogen-bond donors (Lipinski definition) is 0. The highest BCUT2D eigenvalue weighted by molar-refractivity contribution is 5.69. The molecule has 5 rings (SSSR count). The first-order valence-corrected chi connectivity index (χ1v) is 13.1. The van der Waals surface area contributed by atoms with E-state index < -0.39 is 6.16 Å². The molecular weight excluding hydrogens is 416 g/mol. The van der Waals surface area contributed by atoms with Crippen molar-refractivity contribution in [1.82, 2.24) is 0 Å². The van der Waals surface area contributed by atoms with Crippen molar-refractivity contribution in [2.45, 2.75) is 96.5 Å². The third-order valence-corrected chi connectivity index (χ3v) is 9.27. The second-order valence-electron chi connectivity index (χ2n) is 11.2. The molecule has 4 aliphatic carbocycles. The van der Waals surface area contributed by atoms with E-state index in [4.69, 9.17) is 14.2 Å². The lowest BCUT2D eigenvalue weighted by molar-refractivity contribution is -0.131. The quantitative estimate of drug-likeness (QED) is 0.380. The maximum absolute atomic E-state index is 12.5. The van der Waals surface area contributed by atoms with Gasteiger partial charge in [-0.25, -0.2) is 4.79 Å². The number of esters is 1. The topological polar surface area (TPSA) is 61.8 Å². The Kier molecular flexibility index (Phi) is 6.41. The van der Waals surface area contributed by atoms with Gasteiger partial charge in [-0.1, -0.05) is 32.3 Å². The molecule has 5 nitrogen and oxygen atoms in total. The van der Waals surface area contributed by atoms with Crippen LogP contribution in [-0.2, 0) is 20.7 Å². The molecule has 0 amide bonds. The summed E-state index contributed by atoms with van der Waals surface area (Å²) in [7, 11) is 0. The standard InChI is InChI=1S/C28H38O5/c1-18(29)32-21-9-11-22-20(16-21)8-10-24-23(22)14-15-28(2)25(24)12-13-26(28)33-27(30)31-17-19-6-4-3-5-7-19/h9,11,16,19,23-26H,3-8,10,12-15,17H2,1-2H3/t23-,24-,25+,26+,28+/m1/s1. The SMILES string of the molecule is CC(=O)Oc1ccc2c(c1)CC[C@@H]1[C@@H]2CC[C@]2(C)[C@@H](OC(=O)OCC3CCCCC3)CC[C@@H]12. The van der Waals surface area contributed by atoms with Gasteiger partial charge in [0.2, 0.25) is 0 Å². The highest BCUT2D eigenvalue weighted by Gasteiger charge is 2.56. The first-order chi connectivity index (χ1) is 15.9. The van der Waals surface area contributed by atoms with Crippen LogP contribution in [0.1, 0.15) is 95.1 Å². The average molecular weight is 455 g/mol. The van der Waals surface area contributed by atoms with E-state index in [-0.39, 0.29) is 17.5 Å². The summed E-state index contributed by atoms with van der Waals surface area (Å²) in [4.78, 5) is 23.9. The van der Waals surface area contributed by atoms with E-state index in [0.29, 0.717) is 36.0 Å². The molecule has 3 saturated carbocycles. The minimum atomic E-state index is -0.457. The molecule has 1 aromatic carbocycles. The van der Waals surface area contributed by atoms with Crippen LogP contribution in [0, 0.1) is 23.2 Å². The Morgan fingerprint density at radius 3 is 2.64 bits per heavy atom. The number of fused-ring (bicyclic) bond motifs is 5. The molecule has 0 aliphatic heterocycles. The van der Waals surface area contributed by atoms with Crippen LogP contribution in [0.4, 0.5) is 4.79 Å². The Bertz CT molecular complexity index is 888. The summed E-state index contributed by atoms with van der Waals surface area (Å²) in [6.45, 7) is 4.31. The van der Waals surface area contributed by atoms with Crippen LogP contribution in [0.2, 0.25) is 0 Å². The Hall–Kier alpha value is -2.04. The molecule has 3 fully saturated rings. The van der Waals surface area contributed by atoms with Crippen molar-refractivity contribution in [3.05, 3.63) is 29.3 Å². The van der Waals surface area contributed by atoms with Crippen LogP contribution in [0.15, 0.2) is 18.2 Å². The number of benzene rings is 1. The summed E-state index contributed by atoms with van der Waals surface area (Å²) in [6, 6.07) is 6.18. The third kappa shape index (κ3) is 4.52. The number of ether oxygens (including phenoxy) is 3. The molecule has 0 unspecified atom stereocenters. The minimum absolute atomic E-state index is 0.0324. The zero-order chi connectivity index (χ0) is 23.0. The van der Waals surface area contributed by atoms with Gasteiger partial charge in [0.25, 0.3) is 0 Å². The van der Waals surface area contributed by atoms with Gasteiger partial charge in [0, 0.05) is 12.3 Å². The summed E-state index contributed by atoms with van der Waals surface area (Å²) >= 11 is 0. The monoisotopic (exact) mass is 454 g/mol. The molecule has 0 saturated heterocycles. The Morgan fingerprint density at radius 2 is 1.85 bits per heavy atom. The van der Waals surface area contributed by atoms with Gasteiger partial charge in [0.15, 0.2) is 0 Å². The summed E-state index contributed by atoms with van der Waals surface area (Å²) in [5.41, 5.74) is 2.80. The number of rotatable bonds is 4. The molecule has 0 radical (unpaired) electrons. The van der Waals surface area contributed by atoms with Gasteiger partial charge < -0.3 is 14.2 Å². The Balaban J connectivity index is 1.22. The molecule has 4 aliphatic rings. The van der Waals surface area contributed by atoms with Gasteiger partial charge in [-0.3, -0.25) is 4.79 Å². The number of carbonyl (C=O) groups is 2. The number of hydrogen-bond acceptors (Lipinski definition) is 5. The summed E-state index contributed by atoms with van der Waals surface area (Å²) in [5, 5.41) is 0. The fourth-order valence-electron chi connectivity index (χ4n) is 7.62. The van der Waals surface area contributed by atoms with Gasteiger partial charge >= 0.3 is 12.1 Å². The van der Waals surface area contributed by atoms with Crippen LogP contribution in [0.3, 0.4) is 0 Å². The molecule has 33 heavy (non-hydrogen) atoms. The van der Waals surface area contributed by atoms with Crippen LogP contribution in [0.25, 0.3) is 0 Å². The summed E-state index contributed by atoms with van der Waals surface area (Å²) < 4.78 is 16.8. The van der Waals surface area contributed by atoms with Crippen molar-refractivity contribution >= 4 is 12.1 Å². The Labute approximate surface area is 197 Å². The molecule has 0 N–H and O–H groups in total. The molecule has 5 atom stereocenters. The second-order valence-corrected chi connectivity index (χ2v) is 11.2. The normalized spacial score (nSPS) is 33.4. The molecule has 1 aromatic rings. The molecule has 0 spiro atoms. The van der Waals surface area contributed by atoms with Crippen molar-refractivity contribution in [3.63, 3.8) is 0 Å². The molecular formula is C28H38O5. The maximum atomic E-state index is 12.5. The molecule has 5 heteroatoms. The lowest BCUT2D eigenvalue weighted by Crippen LogP contribution is -2.45. The summed E-state index contributed by atoms with van der Waals surface area (Å²) in [6.07, 6.45) is 12.1. The van der Waals surface area contributed by atoms with Gasteiger partial charge in [-0.2, -0.15) is 0 Å². The van der Waals surface area contributed by atoms with Crippen molar-refractivity contribution in [2.24, 2.45) is 23.2 Å². The van der Waals surface area contributed by atoms with E-state index in [0.717, 1.165) is 38.5 Å². The van der Waals surface area contributed by atoms with Gasteiger partial charge in [0.05, 0.1) is 6.61 Å². The lowest BCUT2D eigenvalue weighted by Gasteiger charge is -2.50. The van der Waals surface area contributed by atoms with Crippen molar-refractivity contribution < 1.29 is 23.8 Å². The molecule has 0 bridgehead atoms. The van der Waals surface area contributed by atoms with E-state index in [9.17, 15) is 9.59 Å². The molecule has 180 valence electrons. The largest absolute Gasteiger partial charge is 0.508 e. The van der Waals surface area contributed by atoms with Gasteiger partial charge in [-0.15, -0.1) is 0 Å². The van der Waals surface area contributed by atoms with Gasteiger partial charge in [-0.05, 0) is 98.3 Å². The van der Waals surface area contributed by atoms with E-state index in [1.807, 2.05) is 6.07 Å². The van der Waals surface area contributed by atoms with E-state index in [2.05, 4.69) is 19.1 Å². The highest BCUT2D eigenvalue weighted by Crippen LogP contribution is 2.61. The van der Waals surface area contributed by atoms with Crippen molar-refractivity contribution in [1.29, 1.82) is 0 Å². The lowest BCUT2D eigenvalue weighted by atomic mass is 9.55. The van der Waals surface area contributed by atoms with E-state index in [1.165, 1.54) is 50.2 Å². The van der Waals surface area contributed by atoms with Crippen LogP contribution < -0.4 is 4.74 Å². The van der Waals surface area contributed by atoms with Gasteiger partial charge in [0.1, 0.15) is 11.9 Å². The Morgan fingerprint density at radius 1 is 1.03 bits per heavy atom. The number of aryl methyl sites for hydroxylation is 1. The van der Waals surface area contributed by atoms with E-state index in [1.54, 1.807) is 0 Å². The fraction of sp³-hybridized carbons (Fsp3) is 0.714. The van der Waals surface area contributed by atoms with E-state index >= 15 is 0 Å². The predicted molar refractivity (Wildman–Crippen MR) is 125 cm³/mol. The minimum Gasteiger partial charge on any atom is -0.434 e. The predicted octanol–water partition coefficient (Wildman–Crippen LogP) is 6.57. The number of carbonyl (C=O) groups excluding carboxylic acids is 2. The smallest absolute Gasteiger partial charge is 0.434 e. The van der Waals surface area contributed by atoms with Crippen LogP contribution >= 0.6 is 0 Å². The highest BCUT2D eigenvalue weighted by atomic mass is 16.7. The second kappa shape index (κ2) is 9.31. The summed E-state index contributed by atoms with van der Waals surface area (Å²) in [5.74, 6) is 2.65. The van der Waals surface area contributed by atoms with Crippen molar-refractivity contribution in [2.75, 3.05) is 6.61 Å². The van der Waals surface area contributed by atoms with Crippen molar-refractivity contribution in [3.8, 4) is 5.75 Å². The average Bonchev–Trinajstić information content (AvgIpc) is 3.13. The fourth-order valence-corrected chi connectivity index (χ4v) is 7.62. The maximum Gasteiger partial charge on any atom is 0.508 e. The molecule has 0 aromatic heterocycles. The first kappa shape index (κ1) is 22.7. The zero-order valence-electron chi connectivity index (χ0n) is 20.1. The van der Waals surface area contributed by atoms with Crippen LogP contribution in [0.5, 0.6) is 5.75 Å². The first-order valence-electron chi connectivity index (χ1n) is 13.1. The zero-order valence-corrected chi connectivity index (χ0v) is 20.1. The third-order valence-electron chi connectivity index (χ3n) is 9.27. The van der Waals surface area contributed by atoms with Crippen LogP contribution in [-0.4, -0.2) is 24.8 Å².